The van der Waals surface area contributed by atoms with Crippen molar-refractivity contribution in [2.75, 3.05) is 17.8 Å². The van der Waals surface area contributed by atoms with Crippen LogP contribution in [0.15, 0.2) is 12.1 Å². The van der Waals surface area contributed by atoms with Gasteiger partial charge in [-0.2, -0.15) is 11.8 Å². The first kappa shape index (κ1) is 13.5. The minimum atomic E-state index is -0.709. The second-order valence-corrected chi connectivity index (χ2v) is 4.56. The fourth-order valence-corrected chi connectivity index (χ4v) is 2.17. The molecular formula is C9H14ClN3O2S. The smallest absolute Gasteiger partial charge is 0.140 e. The third-order valence-corrected chi connectivity index (χ3v) is 3.27. The number of hydrogen-bond acceptors (Lipinski definition) is 6. The number of halogens is 1. The van der Waals surface area contributed by atoms with Crippen LogP contribution < -0.4 is 11.3 Å². The summed E-state index contributed by atoms with van der Waals surface area (Å²) in [5, 5.41) is 18.3. The van der Waals surface area contributed by atoms with Crippen molar-refractivity contribution in [2.45, 2.75) is 11.9 Å². The Morgan fingerprint density at radius 3 is 2.94 bits per heavy atom. The predicted octanol–water partition coefficient (Wildman–Crippen LogP) is 0.607. The number of hydrazine groups is 1. The minimum Gasteiger partial charge on any atom is -0.394 e. The summed E-state index contributed by atoms with van der Waals surface area (Å²) < 4.78 is 0. The fraction of sp³-hybridized carbons (Fsp3) is 0.444. The van der Waals surface area contributed by atoms with Crippen molar-refractivity contribution in [1.29, 1.82) is 0 Å². The summed E-state index contributed by atoms with van der Waals surface area (Å²) in [4.78, 5) is 4.18. The molecule has 0 saturated heterocycles. The fourth-order valence-electron chi connectivity index (χ4n) is 1.01. The van der Waals surface area contributed by atoms with Gasteiger partial charge in [0, 0.05) is 11.5 Å². The number of aromatic nitrogens is 1. The molecule has 0 saturated carbocycles. The summed E-state index contributed by atoms with van der Waals surface area (Å²) in [6, 6.07) is 3.39. The molecule has 0 aliphatic heterocycles. The SMILES string of the molecule is NNc1ccc(Cl)c(CSCC(O)CO)n1. The van der Waals surface area contributed by atoms with Crippen molar-refractivity contribution in [1.82, 2.24) is 4.98 Å². The summed E-state index contributed by atoms with van der Waals surface area (Å²) in [5.41, 5.74) is 3.14. The number of rotatable bonds is 6. The molecule has 1 unspecified atom stereocenters. The maximum Gasteiger partial charge on any atom is 0.140 e. The Kier molecular flexibility index (Phi) is 5.86. The van der Waals surface area contributed by atoms with Crippen LogP contribution in [0.5, 0.6) is 0 Å². The second kappa shape index (κ2) is 6.93. The Bertz CT molecular complexity index is 341. The molecule has 1 aromatic heterocycles. The Labute approximate surface area is 103 Å². The number of nitrogens with two attached hydrogens (primary N) is 1. The molecule has 16 heavy (non-hydrogen) atoms. The molecule has 1 heterocycles. The highest BCUT2D eigenvalue weighted by Crippen LogP contribution is 2.21. The maximum absolute atomic E-state index is 9.15. The van der Waals surface area contributed by atoms with Gasteiger partial charge in [-0.25, -0.2) is 10.8 Å². The molecule has 0 fully saturated rings. The van der Waals surface area contributed by atoms with E-state index in [2.05, 4.69) is 10.4 Å². The number of aliphatic hydroxyl groups is 2. The molecule has 5 N–H and O–H groups in total. The van der Waals surface area contributed by atoms with Crippen LogP contribution in [0, 0.1) is 0 Å². The molecule has 0 aliphatic carbocycles. The van der Waals surface area contributed by atoms with Gasteiger partial charge in [0.25, 0.3) is 0 Å². The number of aliphatic hydroxyl groups excluding tert-OH is 2. The van der Waals surface area contributed by atoms with Crippen LogP contribution in [0.2, 0.25) is 5.02 Å². The van der Waals surface area contributed by atoms with Gasteiger partial charge in [-0.15, -0.1) is 0 Å². The van der Waals surface area contributed by atoms with E-state index in [1.165, 1.54) is 11.8 Å². The van der Waals surface area contributed by atoms with E-state index in [-0.39, 0.29) is 6.61 Å². The lowest BCUT2D eigenvalue weighted by molar-refractivity contribution is 0.113. The van der Waals surface area contributed by atoms with E-state index >= 15 is 0 Å². The van der Waals surface area contributed by atoms with Crippen LogP contribution in [0.1, 0.15) is 5.69 Å². The molecule has 0 aliphatic rings. The average molecular weight is 264 g/mol. The van der Waals surface area contributed by atoms with Crippen molar-refractivity contribution >= 4 is 29.2 Å². The molecule has 0 aromatic carbocycles. The Morgan fingerprint density at radius 1 is 1.56 bits per heavy atom. The molecule has 90 valence electrons. The summed E-state index contributed by atoms with van der Waals surface area (Å²) in [7, 11) is 0. The van der Waals surface area contributed by atoms with Crippen LogP contribution in [0.3, 0.4) is 0 Å². The van der Waals surface area contributed by atoms with Crippen molar-refractivity contribution in [3.8, 4) is 0 Å². The first-order chi connectivity index (χ1) is 7.67. The Hall–Kier alpha value is -0.530. The van der Waals surface area contributed by atoms with Gasteiger partial charge in [0.05, 0.1) is 23.4 Å². The van der Waals surface area contributed by atoms with Crippen LogP contribution in [0.4, 0.5) is 5.82 Å². The molecular weight excluding hydrogens is 250 g/mol. The molecule has 0 amide bonds. The van der Waals surface area contributed by atoms with Gasteiger partial charge in [-0.05, 0) is 12.1 Å². The summed E-state index contributed by atoms with van der Waals surface area (Å²) in [6.07, 6.45) is -0.709. The number of thioether (sulfide) groups is 1. The molecule has 0 spiro atoms. The van der Waals surface area contributed by atoms with E-state index in [4.69, 9.17) is 27.7 Å². The second-order valence-electron chi connectivity index (χ2n) is 3.12. The van der Waals surface area contributed by atoms with Crippen molar-refractivity contribution in [3.05, 3.63) is 22.8 Å². The first-order valence-electron chi connectivity index (χ1n) is 4.66. The zero-order valence-electron chi connectivity index (χ0n) is 8.56. The van der Waals surface area contributed by atoms with Crippen molar-refractivity contribution in [3.63, 3.8) is 0 Å². The van der Waals surface area contributed by atoms with Crippen LogP contribution in [-0.4, -0.2) is 33.7 Å². The zero-order chi connectivity index (χ0) is 12.0. The van der Waals surface area contributed by atoms with Crippen molar-refractivity contribution < 1.29 is 10.2 Å². The van der Waals surface area contributed by atoms with Crippen molar-refractivity contribution in [2.24, 2.45) is 5.84 Å². The number of pyridine rings is 1. The summed E-state index contributed by atoms with van der Waals surface area (Å²) in [5.74, 6) is 6.78. The van der Waals surface area contributed by atoms with E-state index in [9.17, 15) is 0 Å². The van der Waals surface area contributed by atoms with E-state index in [0.717, 1.165) is 0 Å². The quantitative estimate of drug-likeness (QED) is 0.444. The number of anilines is 1. The maximum atomic E-state index is 9.15. The molecule has 5 nitrogen and oxygen atoms in total. The predicted molar refractivity (Wildman–Crippen MR) is 66.3 cm³/mol. The third-order valence-electron chi connectivity index (χ3n) is 1.83. The first-order valence-corrected chi connectivity index (χ1v) is 6.19. The topological polar surface area (TPSA) is 91.4 Å². The van der Waals surface area contributed by atoms with E-state index in [0.29, 0.717) is 28.0 Å². The van der Waals surface area contributed by atoms with Gasteiger partial charge in [0.1, 0.15) is 5.82 Å². The molecule has 0 bridgehead atoms. The highest BCUT2D eigenvalue weighted by molar-refractivity contribution is 7.98. The van der Waals surface area contributed by atoms with E-state index < -0.39 is 6.10 Å². The highest BCUT2D eigenvalue weighted by Gasteiger charge is 2.06. The normalized spacial score (nSPS) is 12.5. The number of hydrogen-bond donors (Lipinski definition) is 4. The minimum absolute atomic E-state index is 0.238. The number of nitrogens with one attached hydrogen (secondary N) is 1. The zero-order valence-corrected chi connectivity index (χ0v) is 10.1. The molecule has 7 heteroatoms. The largest absolute Gasteiger partial charge is 0.394 e. The van der Waals surface area contributed by atoms with E-state index in [1.54, 1.807) is 12.1 Å². The van der Waals surface area contributed by atoms with Gasteiger partial charge in [-0.3, -0.25) is 0 Å². The molecule has 1 rings (SSSR count). The summed E-state index contributed by atoms with van der Waals surface area (Å²) in [6.45, 7) is -0.238. The van der Waals surface area contributed by atoms with Crippen LogP contribution in [-0.2, 0) is 5.75 Å². The van der Waals surface area contributed by atoms with Gasteiger partial charge in [0.15, 0.2) is 0 Å². The highest BCUT2D eigenvalue weighted by atomic mass is 35.5. The van der Waals surface area contributed by atoms with Gasteiger partial charge >= 0.3 is 0 Å². The molecule has 0 radical (unpaired) electrons. The average Bonchev–Trinajstić information content (AvgIpc) is 2.31. The Morgan fingerprint density at radius 2 is 2.31 bits per heavy atom. The van der Waals surface area contributed by atoms with Gasteiger partial charge in [0.2, 0.25) is 0 Å². The van der Waals surface area contributed by atoms with Crippen LogP contribution in [0.25, 0.3) is 0 Å². The lowest BCUT2D eigenvalue weighted by Crippen LogP contribution is -2.15. The van der Waals surface area contributed by atoms with E-state index in [1.807, 2.05) is 0 Å². The number of nitrogens with zero attached hydrogens (tertiary/aromatic N) is 1. The molecule has 1 aromatic rings. The Balaban J connectivity index is 2.52. The lowest BCUT2D eigenvalue weighted by atomic mass is 10.4. The van der Waals surface area contributed by atoms with Gasteiger partial charge in [-0.1, -0.05) is 11.6 Å². The van der Waals surface area contributed by atoms with Crippen LogP contribution >= 0.6 is 23.4 Å². The number of nitrogen functional groups attached to an aromatic ring is 1. The molecule has 1 atom stereocenters. The standard InChI is InChI=1S/C9H14ClN3O2S/c10-7-1-2-9(13-11)12-8(7)5-16-4-6(15)3-14/h1-2,6,14-15H,3-5,11H2,(H,12,13). The van der Waals surface area contributed by atoms with Gasteiger partial charge < -0.3 is 15.6 Å². The monoisotopic (exact) mass is 263 g/mol. The lowest BCUT2D eigenvalue weighted by Gasteiger charge is -2.08. The summed E-state index contributed by atoms with van der Waals surface area (Å²) >= 11 is 7.39. The third kappa shape index (κ3) is 4.15.